The Hall–Kier alpha value is -6.98. The number of aliphatic imine (C=N–C) groups is 2. The summed E-state index contributed by atoms with van der Waals surface area (Å²) in [6, 6.07) is 57.2. The predicted molar refractivity (Wildman–Crippen MR) is 215 cm³/mol. The zero-order valence-electron chi connectivity index (χ0n) is 28.1. The van der Waals surface area contributed by atoms with Gasteiger partial charge in [-0.25, -0.2) is 9.98 Å². The summed E-state index contributed by atoms with van der Waals surface area (Å²) in [6.07, 6.45) is 3.39. The first-order valence-corrected chi connectivity index (χ1v) is 17.5. The minimum absolute atomic E-state index is 0.383. The first-order chi connectivity index (χ1) is 25.8. The molecule has 0 amide bonds. The van der Waals surface area contributed by atoms with Crippen molar-refractivity contribution in [1.82, 2.24) is 15.3 Å². The molecule has 0 bridgehead atoms. The Kier molecular flexibility index (Phi) is 7.14. The van der Waals surface area contributed by atoms with Crippen molar-refractivity contribution in [1.29, 1.82) is 0 Å². The smallest absolute Gasteiger partial charge is 0.159 e. The molecular weight excluding hydrogens is 635 g/mol. The molecule has 0 saturated carbocycles. The highest BCUT2D eigenvalue weighted by atomic mass is 15.2. The third-order valence-corrected chi connectivity index (χ3v) is 9.99. The number of hydrogen-bond donors (Lipinski definition) is 1. The van der Waals surface area contributed by atoms with Gasteiger partial charge in [-0.2, -0.15) is 0 Å². The van der Waals surface area contributed by atoms with E-state index in [0.29, 0.717) is 5.84 Å². The molecular formula is C47H31N5. The van der Waals surface area contributed by atoms with E-state index in [2.05, 4.69) is 169 Å². The van der Waals surface area contributed by atoms with Crippen LogP contribution in [0.5, 0.6) is 0 Å². The maximum absolute atomic E-state index is 5.40. The van der Waals surface area contributed by atoms with Crippen LogP contribution in [0.15, 0.2) is 186 Å². The van der Waals surface area contributed by atoms with Crippen molar-refractivity contribution in [2.24, 2.45) is 9.98 Å². The fourth-order valence-corrected chi connectivity index (χ4v) is 7.53. The molecule has 5 nitrogen and oxygen atoms in total. The second kappa shape index (κ2) is 12.4. The highest BCUT2D eigenvalue weighted by Crippen LogP contribution is 2.36. The van der Waals surface area contributed by atoms with Crippen LogP contribution in [-0.2, 0) is 0 Å². The zero-order valence-corrected chi connectivity index (χ0v) is 28.1. The van der Waals surface area contributed by atoms with E-state index in [1.807, 2.05) is 12.4 Å². The Labute approximate surface area is 300 Å². The fourth-order valence-electron chi connectivity index (χ4n) is 7.53. The van der Waals surface area contributed by atoms with Gasteiger partial charge in [0.1, 0.15) is 12.0 Å². The summed E-state index contributed by atoms with van der Waals surface area (Å²) in [7, 11) is 0. The summed E-state index contributed by atoms with van der Waals surface area (Å²) in [5.41, 5.74) is 6.76. The number of pyridine rings is 2. The van der Waals surface area contributed by atoms with Gasteiger partial charge in [-0.1, -0.05) is 133 Å². The van der Waals surface area contributed by atoms with Crippen LogP contribution >= 0.6 is 0 Å². The largest absolute Gasteiger partial charge is 0.344 e. The van der Waals surface area contributed by atoms with Gasteiger partial charge in [-0.15, -0.1) is 0 Å². The Bertz CT molecular complexity index is 2790. The molecule has 1 atom stereocenters. The van der Waals surface area contributed by atoms with E-state index in [-0.39, 0.29) is 6.17 Å². The average Bonchev–Trinajstić information content (AvgIpc) is 3.22. The summed E-state index contributed by atoms with van der Waals surface area (Å²) in [5, 5.41) is 12.8. The third kappa shape index (κ3) is 5.19. The lowest BCUT2D eigenvalue weighted by Gasteiger charge is -2.25. The molecule has 0 radical (unpaired) electrons. The Morgan fingerprint density at radius 1 is 0.423 bits per heavy atom. The second-order valence-corrected chi connectivity index (χ2v) is 13.1. The van der Waals surface area contributed by atoms with Crippen molar-refractivity contribution >= 4 is 54.8 Å². The first-order valence-electron chi connectivity index (χ1n) is 17.5. The molecule has 1 N–H and O–H groups in total. The number of fused-ring (bicyclic) bond motifs is 4. The van der Waals surface area contributed by atoms with Gasteiger partial charge in [0.25, 0.3) is 0 Å². The van der Waals surface area contributed by atoms with Crippen molar-refractivity contribution in [2.45, 2.75) is 6.17 Å². The Morgan fingerprint density at radius 2 is 0.904 bits per heavy atom. The average molecular weight is 666 g/mol. The van der Waals surface area contributed by atoms with E-state index in [1.54, 1.807) is 0 Å². The van der Waals surface area contributed by atoms with E-state index in [0.717, 1.165) is 82.7 Å². The van der Waals surface area contributed by atoms with E-state index < -0.39 is 0 Å². The summed E-state index contributed by atoms with van der Waals surface area (Å²) in [6.45, 7) is 0. The molecule has 0 saturated heterocycles. The standard InChI is InChI=1S/C47H31N5/c1-5-17-37-30(11-1)15-9-21-41(37)46-50-45(51-47(52-46)42-22-10-16-31-12-2-6-18-38(31)42)36-28-34(43-39-19-7-3-13-32(39)23-25-48-43)27-35(29-36)44-40-20-8-4-14-33(40)24-26-49-44/h1-29,46H,(H,50,51,52). The van der Waals surface area contributed by atoms with Gasteiger partial charge >= 0.3 is 0 Å². The SMILES string of the molecule is c1ccc2c(C3=NC(c4cc(-c5nccc6ccccc56)cc(-c5nccc6ccccc56)c4)=NC(c4cccc5ccccc45)N3)cccc2c1. The van der Waals surface area contributed by atoms with Gasteiger partial charge in [-0.3, -0.25) is 9.97 Å². The highest BCUT2D eigenvalue weighted by molar-refractivity contribution is 6.18. The van der Waals surface area contributed by atoms with Crippen LogP contribution in [0.3, 0.4) is 0 Å². The van der Waals surface area contributed by atoms with Crippen molar-refractivity contribution < 1.29 is 0 Å². The number of nitrogens with one attached hydrogen (secondary N) is 1. The molecule has 1 aliphatic rings. The van der Waals surface area contributed by atoms with Crippen molar-refractivity contribution in [3.8, 4) is 22.5 Å². The monoisotopic (exact) mass is 665 g/mol. The molecule has 7 aromatic carbocycles. The summed E-state index contributed by atoms with van der Waals surface area (Å²) in [5.74, 6) is 1.42. The quantitative estimate of drug-likeness (QED) is 0.199. The number of hydrogen-bond acceptors (Lipinski definition) is 5. The molecule has 0 fully saturated rings. The second-order valence-electron chi connectivity index (χ2n) is 13.1. The van der Waals surface area contributed by atoms with Crippen LogP contribution < -0.4 is 5.32 Å². The van der Waals surface area contributed by atoms with E-state index in [4.69, 9.17) is 20.0 Å². The molecule has 5 heteroatoms. The maximum atomic E-state index is 5.40. The lowest BCUT2D eigenvalue weighted by atomic mass is 9.95. The molecule has 244 valence electrons. The number of amidine groups is 2. The number of benzene rings is 7. The summed E-state index contributed by atoms with van der Waals surface area (Å²) >= 11 is 0. The van der Waals surface area contributed by atoms with E-state index in [1.165, 1.54) is 5.39 Å². The van der Waals surface area contributed by atoms with E-state index in [9.17, 15) is 0 Å². The third-order valence-electron chi connectivity index (χ3n) is 9.99. The molecule has 52 heavy (non-hydrogen) atoms. The van der Waals surface area contributed by atoms with Crippen LogP contribution in [0.4, 0.5) is 0 Å². The van der Waals surface area contributed by atoms with Crippen LogP contribution in [0.1, 0.15) is 22.9 Å². The summed E-state index contributed by atoms with van der Waals surface area (Å²) < 4.78 is 0. The first kappa shape index (κ1) is 29.9. The van der Waals surface area contributed by atoms with E-state index >= 15 is 0 Å². The molecule has 9 aromatic rings. The lowest BCUT2D eigenvalue weighted by Crippen LogP contribution is -2.33. The van der Waals surface area contributed by atoms with Crippen molar-refractivity contribution in [2.75, 3.05) is 0 Å². The molecule has 3 heterocycles. The number of nitrogens with zero attached hydrogens (tertiary/aromatic N) is 4. The summed E-state index contributed by atoms with van der Waals surface area (Å²) in [4.78, 5) is 20.6. The molecule has 0 aliphatic carbocycles. The van der Waals surface area contributed by atoms with Crippen LogP contribution in [0, 0.1) is 0 Å². The topological polar surface area (TPSA) is 62.5 Å². The van der Waals surface area contributed by atoms with Crippen LogP contribution in [0.25, 0.3) is 65.6 Å². The van der Waals surface area contributed by atoms with Crippen molar-refractivity contribution in [3.63, 3.8) is 0 Å². The maximum Gasteiger partial charge on any atom is 0.159 e. The van der Waals surface area contributed by atoms with Gasteiger partial charge in [0.05, 0.1) is 11.4 Å². The van der Waals surface area contributed by atoms with Crippen LogP contribution in [-0.4, -0.2) is 21.6 Å². The molecule has 1 unspecified atom stereocenters. The van der Waals surface area contributed by atoms with Gasteiger partial charge < -0.3 is 5.32 Å². The molecule has 2 aromatic heterocycles. The predicted octanol–water partition coefficient (Wildman–Crippen LogP) is 10.9. The van der Waals surface area contributed by atoms with Crippen LogP contribution in [0.2, 0.25) is 0 Å². The molecule has 0 spiro atoms. The zero-order chi connectivity index (χ0) is 34.4. The molecule has 1 aliphatic heterocycles. The highest BCUT2D eigenvalue weighted by Gasteiger charge is 2.24. The Morgan fingerprint density at radius 3 is 1.54 bits per heavy atom. The fraction of sp³-hybridized carbons (Fsp3) is 0.0213. The van der Waals surface area contributed by atoms with Gasteiger partial charge in [-0.05, 0) is 62.6 Å². The van der Waals surface area contributed by atoms with Gasteiger partial charge in [0.2, 0.25) is 0 Å². The Balaban J connectivity index is 1.24. The minimum atomic E-state index is -0.383. The van der Waals surface area contributed by atoms with Crippen molar-refractivity contribution in [3.05, 3.63) is 193 Å². The number of rotatable bonds is 5. The minimum Gasteiger partial charge on any atom is -0.344 e. The van der Waals surface area contributed by atoms with Gasteiger partial charge in [0, 0.05) is 51.0 Å². The normalized spacial score (nSPS) is 14.3. The number of aromatic nitrogens is 2. The molecule has 10 rings (SSSR count). The van der Waals surface area contributed by atoms with Gasteiger partial charge in [0.15, 0.2) is 5.84 Å². The lowest BCUT2D eigenvalue weighted by molar-refractivity contribution is 0.680.